The molecule has 1 fully saturated rings. The number of aromatic nitrogens is 3. The van der Waals surface area contributed by atoms with Crippen molar-refractivity contribution in [3.8, 4) is 22.7 Å². The lowest BCUT2D eigenvalue weighted by Crippen LogP contribution is -2.48. The van der Waals surface area contributed by atoms with Gasteiger partial charge in [-0.25, -0.2) is 0 Å². The summed E-state index contributed by atoms with van der Waals surface area (Å²) in [5.41, 5.74) is 4.31. The Balaban J connectivity index is 1.56. The molecule has 3 heterocycles. The van der Waals surface area contributed by atoms with Gasteiger partial charge in [-0.15, -0.1) is 10.2 Å². The van der Waals surface area contributed by atoms with Crippen molar-refractivity contribution in [2.24, 2.45) is 0 Å². The number of benzene rings is 2. The molecule has 1 aliphatic heterocycles. The Labute approximate surface area is 177 Å². The number of rotatable bonds is 3. The standard InChI is InChI=1S/C22H18ClN5O2/c23-16-11-14(5-6-19(16)28-10-8-24-13-22(28)30)27-9-7-17-20(27)12-18(26-25-17)15-3-1-2-4-21(15)29/h1-7,9,11-12,24,29H,8,10,13H2. The number of phenols is 1. The molecular formula is C22H18ClN5O2. The van der Waals surface area contributed by atoms with Gasteiger partial charge in [-0.3, -0.25) is 4.79 Å². The number of para-hydroxylation sites is 1. The van der Waals surface area contributed by atoms with E-state index in [4.69, 9.17) is 11.6 Å². The number of nitrogens with one attached hydrogen (secondary N) is 1. The molecule has 0 radical (unpaired) electrons. The highest BCUT2D eigenvalue weighted by Gasteiger charge is 2.21. The van der Waals surface area contributed by atoms with E-state index in [9.17, 15) is 9.90 Å². The Hall–Kier alpha value is -3.42. The molecule has 0 atom stereocenters. The minimum Gasteiger partial charge on any atom is -0.507 e. The van der Waals surface area contributed by atoms with Gasteiger partial charge >= 0.3 is 0 Å². The smallest absolute Gasteiger partial charge is 0.241 e. The van der Waals surface area contributed by atoms with Crippen LogP contribution in [-0.4, -0.2) is 45.4 Å². The molecule has 0 aliphatic carbocycles. The number of amides is 1. The maximum atomic E-state index is 12.2. The number of phenolic OH excluding ortho intramolecular Hbond substituents is 1. The molecule has 0 saturated carbocycles. The number of nitrogens with zero attached hydrogens (tertiary/aromatic N) is 4. The van der Waals surface area contributed by atoms with E-state index in [1.165, 1.54) is 0 Å². The number of halogens is 1. The van der Waals surface area contributed by atoms with Gasteiger partial charge in [0.2, 0.25) is 5.91 Å². The summed E-state index contributed by atoms with van der Waals surface area (Å²) in [4.78, 5) is 13.9. The first kappa shape index (κ1) is 18.6. The lowest BCUT2D eigenvalue weighted by Gasteiger charge is -2.28. The number of piperazine rings is 1. The van der Waals surface area contributed by atoms with E-state index in [2.05, 4.69) is 15.5 Å². The fraction of sp³-hybridized carbons (Fsp3) is 0.136. The summed E-state index contributed by atoms with van der Waals surface area (Å²) in [5, 5.41) is 22.3. The van der Waals surface area contributed by atoms with E-state index < -0.39 is 0 Å². The second-order valence-corrected chi connectivity index (χ2v) is 7.47. The Bertz CT molecular complexity index is 1270. The summed E-state index contributed by atoms with van der Waals surface area (Å²) < 4.78 is 1.96. The monoisotopic (exact) mass is 419 g/mol. The first-order chi connectivity index (χ1) is 14.6. The second-order valence-electron chi connectivity index (χ2n) is 7.06. The van der Waals surface area contributed by atoms with Gasteiger partial charge in [0, 0.05) is 30.5 Å². The quantitative estimate of drug-likeness (QED) is 0.532. The molecule has 4 aromatic rings. The molecule has 7 nitrogen and oxygen atoms in total. The molecule has 8 heteroatoms. The number of anilines is 1. The highest BCUT2D eigenvalue weighted by molar-refractivity contribution is 6.34. The van der Waals surface area contributed by atoms with E-state index >= 15 is 0 Å². The van der Waals surface area contributed by atoms with Crippen molar-refractivity contribution in [1.82, 2.24) is 20.1 Å². The van der Waals surface area contributed by atoms with Crippen molar-refractivity contribution in [2.45, 2.75) is 0 Å². The van der Waals surface area contributed by atoms with E-state index in [1.54, 1.807) is 23.1 Å². The summed E-state index contributed by atoms with van der Waals surface area (Å²) in [6, 6.07) is 16.4. The molecule has 0 spiro atoms. The van der Waals surface area contributed by atoms with Gasteiger partial charge in [0.15, 0.2) is 0 Å². The van der Waals surface area contributed by atoms with Gasteiger partial charge in [0.1, 0.15) is 11.3 Å². The first-order valence-electron chi connectivity index (χ1n) is 9.56. The normalized spacial score (nSPS) is 14.4. The first-order valence-corrected chi connectivity index (χ1v) is 9.94. The molecule has 1 amide bonds. The molecule has 0 unspecified atom stereocenters. The van der Waals surface area contributed by atoms with Crippen LogP contribution in [0.3, 0.4) is 0 Å². The molecule has 5 rings (SSSR count). The highest BCUT2D eigenvalue weighted by atomic mass is 35.5. The van der Waals surface area contributed by atoms with Crippen LogP contribution in [0.5, 0.6) is 5.75 Å². The predicted octanol–water partition coefficient (Wildman–Crippen LogP) is 3.38. The van der Waals surface area contributed by atoms with Crippen LogP contribution in [0.1, 0.15) is 0 Å². The molecule has 0 bridgehead atoms. The summed E-state index contributed by atoms with van der Waals surface area (Å²) in [6.45, 7) is 1.64. The SMILES string of the molecule is O=C1CNCCN1c1ccc(-n2ccc3nnc(-c4ccccc4O)cc32)cc1Cl. The van der Waals surface area contributed by atoms with Crippen LogP contribution in [0, 0.1) is 0 Å². The Kier molecular flexibility index (Phi) is 4.61. The average molecular weight is 420 g/mol. The number of fused-ring (bicyclic) bond motifs is 1. The van der Waals surface area contributed by atoms with Gasteiger partial charge in [0.05, 0.1) is 28.5 Å². The van der Waals surface area contributed by atoms with Crippen molar-refractivity contribution in [3.63, 3.8) is 0 Å². The summed E-state index contributed by atoms with van der Waals surface area (Å²) in [6.07, 6.45) is 1.90. The van der Waals surface area contributed by atoms with Crippen LogP contribution in [-0.2, 0) is 4.79 Å². The minimum absolute atomic E-state index is 0.00454. The Morgan fingerprint density at radius 1 is 1.07 bits per heavy atom. The van der Waals surface area contributed by atoms with E-state index in [-0.39, 0.29) is 11.7 Å². The minimum atomic E-state index is 0.00454. The Morgan fingerprint density at radius 3 is 2.73 bits per heavy atom. The lowest BCUT2D eigenvalue weighted by atomic mass is 10.1. The molecule has 1 aliphatic rings. The third-order valence-corrected chi connectivity index (χ3v) is 5.51. The molecule has 30 heavy (non-hydrogen) atoms. The van der Waals surface area contributed by atoms with Crippen molar-refractivity contribution in [3.05, 3.63) is 65.8 Å². The van der Waals surface area contributed by atoms with Crippen LogP contribution >= 0.6 is 11.6 Å². The van der Waals surface area contributed by atoms with Gasteiger partial charge in [-0.1, -0.05) is 23.7 Å². The maximum Gasteiger partial charge on any atom is 0.241 e. The summed E-state index contributed by atoms with van der Waals surface area (Å²) >= 11 is 6.56. The van der Waals surface area contributed by atoms with Crippen molar-refractivity contribution in [2.75, 3.05) is 24.5 Å². The number of aromatic hydroxyl groups is 1. The van der Waals surface area contributed by atoms with E-state index in [1.807, 2.05) is 47.2 Å². The van der Waals surface area contributed by atoms with Crippen molar-refractivity contribution < 1.29 is 9.90 Å². The largest absolute Gasteiger partial charge is 0.507 e. The molecule has 150 valence electrons. The molecule has 2 aromatic heterocycles. The number of hydrogen-bond acceptors (Lipinski definition) is 5. The van der Waals surface area contributed by atoms with Gasteiger partial charge in [-0.2, -0.15) is 0 Å². The summed E-state index contributed by atoms with van der Waals surface area (Å²) in [7, 11) is 0. The fourth-order valence-corrected chi connectivity index (χ4v) is 3.98. The number of hydrogen-bond donors (Lipinski definition) is 2. The van der Waals surface area contributed by atoms with Gasteiger partial charge in [0.25, 0.3) is 0 Å². The fourth-order valence-electron chi connectivity index (χ4n) is 3.70. The van der Waals surface area contributed by atoms with Crippen LogP contribution in [0.4, 0.5) is 5.69 Å². The van der Waals surface area contributed by atoms with E-state index in [0.29, 0.717) is 35.1 Å². The maximum absolute atomic E-state index is 12.2. The van der Waals surface area contributed by atoms with Crippen LogP contribution in [0.2, 0.25) is 5.02 Å². The lowest BCUT2D eigenvalue weighted by molar-refractivity contribution is -0.118. The molecular weight excluding hydrogens is 402 g/mol. The van der Waals surface area contributed by atoms with Crippen LogP contribution in [0.15, 0.2) is 60.8 Å². The van der Waals surface area contributed by atoms with Gasteiger partial charge in [-0.05, 0) is 42.5 Å². The number of carbonyl (C=O) groups excluding carboxylic acids is 1. The predicted molar refractivity (Wildman–Crippen MR) is 116 cm³/mol. The second kappa shape index (κ2) is 7.44. The summed E-state index contributed by atoms with van der Waals surface area (Å²) in [5.74, 6) is 0.155. The zero-order valence-corrected chi connectivity index (χ0v) is 16.7. The Morgan fingerprint density at radius 2 is 1.93 bits per heavy atom. The third kappa shape index (κ3) is 3.18. The van der Waals surface area contributed by atoms with Crippen molar-refractivity contribution >= 4 is 34.2 Å². The molecule has 1 saturated heterocycles. The zero-order chi connectivity index (χ0) is 20.7. The van der Waals surface area contributed by atoms with Crippen LogP contribution in [0.25, 0.3) is 28.0 Å². The van der Waals surface area contributed by atoms with Crippen LogP contribution < -0.4 is 10.2 Å². The van der Waals surface area contributed by atoms with E-state index in [0.717, 1.165) is 23.3 Å². The number of carbonyl (C=O) groups is 1. The average Bonchev–Trinajstić information content (AvgIpc) is 3.18. The van der Waals surface area contributed by atoms with Crippen molar-refractivity contribution in [1.29, 1.82) is 0 Å². The van der Waals surface area contributed by atoms with Gasteiger partial charge < -0.3 is 19.9 Å². The third-order valence-electron chi connectivity index (χ3n) is 5.21. The highest BCUT2D eigenvalue weighted by Crippen LogP contribution is 2.32. The topological polar surface area (TPSA) is 83.3 Å². The zero-order valence-electron chi connectivity index (χ0n) is 15.9. The molecule has 2 aromatic carbocycles. The molecule has 2 N–H and O–H groups in total.